The number of aliphatic hydroxyl groups is 2. The minimum Gasteiger partial charge on any atom is -0.474 e. The zero-order valence-corrected chi connectivity index (χ0v) is 16.4. The number of aliphatic hydroxyl groups excluding tert-OH is 2. The first kappa shape index (κ1) is 20.2. The maximum atomic E-state index is 9.69. The van der Waals surface area contributed by atoms with Crippen LogP contribution < -0.4 is 0 Å². The van der Waals surface area contributed by atoms with E-state index in [0.717, 1.165) is 12.8 Å². The normalized spacial score (nSPS) is 29.7. The van der Waals surface area contributed by atoms with Crippen molar-refractivity contribution in [3.63, 3.8) is 0 Å². The summed E-state index contributed by atoms with van der Waals surface area (Å²) in [5.74, 6) is 1.75. The molecule has 0 radical (unpaired) electrons. The Morgan fingerprint density at radius 2 is 1.20 bits per heavy atom. The van der Waals surface area contributed by atoms with Gasteiger partial charge >= 0.3 is 0 Å². The molecule has 0 aromatic carbocycles. The van der Waals surface area contributed by atoms with E-state index in [1.54, 1.807) is 0 Å². The van der Waals surface area contributed by atoms with Crippen LogP contribution in [0.3, 0.4) is 0 Å². The number of rotatable bonds is 8. The lowest BCUT2D eigenvalue weighted by molar-refractivity contribution is 0.0887. The summed E-state index contributed by atoms with van der Waals surface area (Å²) in [4.78, 5) is 9.42. The number of hydrogen-bond donors (Lipinski definition) is 2. The number of nitrogens with zero attached hydrogens (tertiary/aromatic N) is 2. The van der Waals surface area contributed by atoms with Crippen molar-refractivity contribution in [2.24, 2.45) is 27.2 Å². The summed E-state index contributed by atoms with van der Waals surface area (Å²) in [5, 5.41) is 19.4. The molecule has 4 unspecified atom stereocenters. The molecule has 2 rings (SSSR count). The number of ether oxygens (including phenoxy) is 2. The Hall–Kier alpha value is -1.14. The van der Waals surface area contributed by atoms with Crippen LogP contribution in [0.5, 0.6) is 0 Å². The molecule has 6 nitrogen and oxygen atoms in total. The van der Waals surface area contributed by atoms with Crippen LogP contribution in [0.15, 0.2) is 9.98 Å². The minimum atomic E-state index is -0.534. The van der Waals surface area contributed by atoms with E-state index in [0.29, 0.717) is 11.8 Å². The van der Waals surface area contributed by atoms with Gasteiger partial charge < -0.3 is 19.7 Å². The molecule has 6 heteroatoms. The first-order valence-electron chi connectivity index (χ1n) is 9.56. The number of hydrogen-bond acceptors (Lipinski definition) is 6. The third kappa shape index (κ3) is 3.56. The largest absolute Gasteiger partial charge is 0.474 e. The summed E-state index contributed by atoms with van der Waals surface area (Å²) < 4.78 is 12.4. The Bertz CT molecular complexity index is 470. The first-order chi connectivity index (χ1) is 11.8. The summed E-state index contributed by atoms with van der Waals surface area (Å²) in [6.07, 6.45) is 1.23. The Morgan fingerprint density at radius 1 is 0.840 bits per heavy atom. The Morgan fingerprint density at radius 3 is 1.40 bits per heavy atom. The van der Waals surface area contributed by atoms with Gasteiger partial charge in [0.15, 0.2) is 11.8 Å². The van der Waals surface area contributed by atoms with E-state index < -0.39 is 5.41 Å². The van der Waals surface area contributed by atoms with Gasteiger partial charge in [-0.05, 0) is 24.7 Å². The standard InChI is InChI=1S/C19H34N2O4/c1-7-19(8-2,17-20-13(9-22)15(24-17)11(3)4)18-21-14(10-23)16(25-18)12(5)6/h11-16,22-23H,7-10H2,1-6H3. The lowest BCUT2D eigenvalue weighted by Crippen LogP contribution is -2.41. The molecule has 0 saturated heterocycles. The predicted molar refractivity (Wildman–Crippen MR) is 99.1 cm³/mol. The molecule has 0 amide bonds. The smallest absolute Gasteiger partial charge is 0.200 e. The van der Waals surface area contributed by atoms with Crippen LogP contribution in [0.4, 0.5) is 0 Å². The van der Waals surface area contributed by atoms with Gasteiger partial charge in [0, 0.05) is 0 Å². The SMILES string of the molecule is CCC(CC)(C1=NC(CO)C(C(C)C)O1)C1=NC(CO)C(C(C)C)O1. The molecule has 2 heterocycles. The monoisotopic (exact) mass is 354 g/mol. The van der Waals surface area contributed by atoms with Gasteiger partial charge in [0.2, 0.25) is 0 Å². The molecule has 0 saturated carbocycles. The summed E-state index contributed by atoms with van der Waals surface area (Å²) in [7, 11) is 0. The topological polar surface area (TPSA) is 83.6 Å². The summed E-state index contributed by atoms with van der Waals surface area (Å²) >= 11 is 0. The van der Waals surface area contributed by atoms with Gasteiger partial charge in [0.1, 0.15) is 29.7 Å². The van der Waals surface area contributed by atoms with Crippen molar-refractivity contribution in [1.29, 1.82) is 0 Å². The fourth-order valence-electron chi connectivity index (χ4n) is 3.79. The van der Waals surface area contributed by atoms with Crippen LogP contribution in [-0.4, -0.2) is 59.5 Å². The molecule has 2 aliphatic rings. The Labute approximate surface area is 151 Å². The molecule has 2 aliphatic heterocycles. The lowest BCUT2D eigenvalue weighted by atomic mass is 9.81. The highest BCUT2D eigenvalue weighted by molar-refractivity contribution is 6.06. The zero-order valence-electron chi connectivity index (χ0n) is 16.4. The lowest BCUT2D eigenvalue weighted by Gasteiger charge is -2.32. The van der Waals surface area contributed by atoms with E-state index in [4.69, 9.17) is 19.5 Å². The Kier molecular flexibility index (Phi) is 6.49. The highest BCUT2D eigenvalue weighted by Gasteiger charge is 2.50. The van der Waals surface area contributed by atoms with E-state index in [-0.39, 0.29) is 49.3 Å². The molecule has 144 valence electrons. The van der Waals surface area contributed by atoms with E-state index in [1.165, 1.54) is 0 Å². The van der Waals surface area contributed by atoms with Crippen LogP contribution in [0.25, 0.3) is 0 Å². The molecule has 0 aliphatic carbocycles. The van der Waals surface area contributed by atoms with Crippen LogP contribution in [0.2, 0.25) is 0 Å². The second kappa shape index (κ2) is 8.04. The molecule has 0 bridgehead atoms. The average molecular weight is 354 g/mol. The third-order valence-corrected chi connectivity index (χ3v) is 5.53. The van der Waals surface area contributed by atoms with E-state index in [9.17, 15) is 10.2 Å². The van der Waals surface area contributed by atoms with Crippen molar-refractivity contribution in [2.45, 2.75) is 78.7 Å². The van der Waals surface area contributed by atoms with Gasteiger partial charge in [-0.15, -0.1) is 0 Å². The molecule has 0 aromatic heterocycles. The van der Waals surface area contributed by atoms with Crippen molar-refractivity contribution in [1.82, 2.24) is 0 Å². The maximum Gasteiger partial charge on any atom is 0.200 e. The second-order valence-electron chi connectivity index (χ2n) is 7.81. The molecule has 4 atom stereocenters. The summed E-state index contributed by atoms with van der Waals surface area (Å²) in [6.45, 7) is 12.4. The molecule has 25 heavy (non-hydrogen) atoms. The van der Waals surface area contributed by atoms with Crippen molar-refractivity contribution in [2.75, 3.05) is 13.2 Å². The van der Waals surface area contributed by atoms with Gasteiger partial charge in [0.05, 0.1) is 13.2 Å². The predicted octanol–water partition coefficient (Wildman–Crippen LogP) is 2.42. The van der Waals surface area contributed by atoms with E-state index in [1.807, 2.05) is 0 Å². The van der Waals surface area contributed by atoms with Gasteiger partial charge in [0.25, 0.3) is 0 Å². The van der Waals surface area contributed by atoms with Crippen molar-refractivity contribution < 1.29 is 19.7 Å². The molecule has 0 aromatic rings. The van der Waals surface area contributed by atoms with Crippen LogP contribution in [0.1, 0.15) is 54.4 Å². The van der Waals surface area contributed by atoms with E-state index in [2.05, 4.69) is 41.5 Å². The minimum absolute atomic E-state index is 0.0307. The molecule has 2 N–H and O–H groups in total. The van der Waals surface area contributed by atoms with Crippen molar-refractivity contribution in [3.05, 3.63) is 0 Å². The zero-order chi connectivity index (χ0) is 18.8. The highest BCUT2D eigenvalue weighted by Crippen LogP contribution is 2.40. The molecular weight excluding hydrogens is 320 g/mol. The van der Waals surface area contributed by atoms with Gasteiger partial charge in [-0.25, -0.2) is 9.98 Å². The summed E-state index contributed by atoms with van der Waals surface area (Å²) in [5.41, 5.74) is -0.534. The summed E-state index contributed by atoms with van der Waals surface area (Å²) in [6, 6.07) is -0.493. The van der Waals surface area contributed by atoms with Crippen LogP contribution in [-0.2, 0) is 9.47 Å². The fraction of sp³-hybridized carbons (Fsp3) is 0.895. The Balaban J connectivity index is 2.37. The fourth-order valence-corrected chi connectivity index (χ4v) is 3.79. The highest BCUT2D eigenvalue weighted by atomic mass is 16.5. The first-order valence-corrected chi connectivity index (χ1v) is 9.56. The third-order valence-electron chi connectivity index (χ3n) is 5.53. The van der Waals surface area contributed by atoms with Gasteiger partial charge in [-0.2, -0.15) is 0 Å². The second-order valence-corrected chi connectivity index (χ2v) is 7.81. The van der Waals surface area contributed by atoms with Crippen molar-refractivity contribution in [3.8, 4) is 0 Å². The average Bonchev–Trinajstić information content (AvgIpc) is 3.21. The van der Waals surface area contributed by atoms with Crippen LogP contribution in [0, 0.1) is 17.3 Å². The van der Waals surface area contributed by atoms with E-state index >= 15 is 0 Å². The molecule has 0 fully saturated rings. The quantitative estimate of drug-likeness (QED) is 0.701. The number of aliphatic imine (C=N–C) groups is 2. The molecule has 0 spiro atoms. The van der Waals surface area contributed by atoms with Crippen LogP contribution >= 0.6 is 0 Å². The van der Waals surface area contributed by atoms with Gasteiger partial charge in [-0.1, -0.05) is 41.5 Å². The van der Waals surface area contributed by atoms with Gasteiger partial charge in [-0.3, -0.25) is 0 Å². The molecular formula is C19H34N2O4. The maximum absolute atomic E-state index is 9.69. The van der Waals surface area contributed by atoms with Crippen molar-refractivity contribution >= 4 is 11.8 Å².